The molecule has 1 saturated heterocycles. The number of aliphatic hydroxyl groups is 1. The molecule has 1 rings (SSSR count). The molecule has 0 radical (unpaired) electrons. The van der Waals surface area contributed by atoms with Crippen LogP contribution < -0.4 is 5.32 Å². The Kier molecular flexibility index (Phi) is 5.97. The first-order chi connectivity index (χ1) is 8.09. The van der Waals surface area contributed by atoms with Gasteiger partial charge in [-0.3, -0.25) is 9.59 Å². The summed E-state index contributed by atoms with van der Waals surface area (Å²) in [5.41, 5.74) is 0. The third-order valence-corrected chi connectivity index (χ3v) is 2.96. The van der Waals surface area contributed by atoms with Gasteiger partial charge < -0.3 is 15.3 Å². The van der Waals surface area contributed by atoms with Crippen LogP contribution >= 0.6 is 0 Å². The zero-order valence-electron chi connectivity index (χ0n) is 10.4. The van der Waals surface area contributed by atoms with Crippen molar-refractivity contribution in [3.63, 3.8) is 0 Å². The molecule has 2 amide bonds. The van der Waals surface area contributed by atoms with Crippen LogP contribution in [0.15, 0.2) is 0 Å². The normalized spacial score (nSPS) is 19.4. The molecule has 5 heteroatoms. The van der Waals surface area contributed by atoms with Gasteiger partial charge in [0.1, 0.15) is 0 Å². The van der Waals surface area contributed by atoms with E-state index in [2.05, 4.69) is 5.32 Å². The first kappa shape index (κ1) is 14.0. The maximum Gasteiger partial charge on any atom is 0.222 e. The Labute approximate surface area is 102 Å². The summed E-state index contributed by atoms with van der Waals surface area (Å²) in [5, 5.41) is 12.0. The minimum atomic E-state index is -0.335. The lowest BCUT2D eigenvalue weighted by Gasteiger charge is -2.15. The van der Waals surface area contributed by atoms with Crippen molar-refractivity contribution in [3.05, 3.63) is 0 Å². The van der Waals surface area contributed by atoms with Crippen molar-refractivity contribution in [2.45, 2.75) is 45.1 Å². The van der Waals surface area contributed by atoms with Crippen molar-refractivity contribution < 1.29 is 14.7 Å². The van der Waals surface area contributed by atoms with Crippen molar-refractivity contribution >= 4 is 11.8 Å². The van der Waals surface area contributed by atoms with Gasteiger partial charge in [0.25, 0.3) is 0 Å². The fraction of sp³-hybridized carbons (Fsp3) is 0.833. The Morgan fingerprint density at radius 3 is 2.71 bits per heavy atom. The fourth-order valence-electron chi connectivity index (χ4n) is 1.97. The Bertz CT molecular complexity index is 268. The Morgan fingerprint density at radius 2 is 2.12 bits per heavy atom. The summed E-state index contributed by atoms with van der Waals surface area (Å²) >= 11 is 0. The van der Waals surface area contributed by atoms with E-state index in [9.17, 15) is 14.7 Å². The summed E-state index contributed by atoms with van der Waals surface area (Å²) < 4.78 is 0. The molecule has 0 aromatic heterocycles. The van der Waals surface area contributed by atoms with Gasteiger partial charge in [0.2, 0.25) is 11.8 Å². The number of carbonyl (C=O) groups excluding carboxylic acids is 2. The van der Waals surface area contributed by atoms with Crippen molar-refractivity contribution in [2.24, 2.45) is 0 Å². The number of aliphatic hydroxyl groups excluding tert-OH is 1. The summed E-state index contributed by atoms with van der Waals surface area (Å²) in [6, 6.07) is 0. The number of nitrogens with one attached hydrogen (secondary N) is 1. The second-order valence-electron chi connectivity index (χ2n) is 4.58. The molecule has 1 fully saturated rings. The number of rotatable bonds is 6. The zero-order chi connectivity index (χ0) is 12.7. The minimum absolute atomic E-state index is 0.00729. The molecule has 0 unspecified atom stereocenters. The highest BCUT2D eigenvalue weighted by Gasteiger charge is 2.23. The number of β-amino-alcohol motifs (C(OH)–C–C–N with tert-alkyl or cyclic N) is 1. The number of amides is 2. The van der Waals surface area contributed by atoms with Crippen LogP contribution in [-0.2, 0) is 9.59 Å². The summed E-state index contributed by atoms with van der Waals surface area (Å²) in [7, 11) is 0. The average molecular weight is 242 g/mol. The second kappa shape index (κ2) is 7.27. The van der Waals surface area contributed by atoms with Crippen LogP contribution in [0.2, 0.25) is 0 Å². The van der Waals surface area contributed by atoms with Crippen LogP contribution in [0, 0.1) is 0 Å². The molecular formula is C12H22N2O3. The van der Waals surface area contributed by atoms with Gasteiger partial charge in [0, 0.05) is 33.0 Å². The molecule has 0 aliphatic carbocycles. The van der Waals surface area contributed by atoms with Crippen molar-refractivity contribution in [2.75, 3.05) is 19.6 Å². The van der Waals surface area contributed by atoms with Crippen molar-refractivity contribution in [1.29, 1.82) is 0 Å². The van der Waals surface area contributed by atoms with Crippen molar-refractivity contribution in [3.8, 4) is 0 Å². The van der Waals surface area contributed by atoms with Crippen LogP contribution in [0.25, 0.3) is 0 Å². The van der Waals surface area contributed by atoms with Crippen LogP contribution in [0.4, 0.5) is 0 Å². The van der Waals surface area contributed by atoms with E-state index in [1.54, 1.807) is 4.90 Å². The maximum absolute atomic E-state index is 11.7. The molecule has 5 nitrogen and oxygen atoms in total. The molecule has 0 spiro atoms. The summed E-state index contributed by atoms with van der Waals surface area (Å²) in [5.74, 6) is 0.133. The molecule has 1 aliphatic rings. The lowest BCUT2D eigenvalue weighted by atomic mass is 10.2. The van der Waals surface area contributed by atoms with Gasteiger partial charge in [0.05, 0.1) is 6.10 Å². The fourth-order valence-corrected chi connectivity index (χ4v) is 1.97. The quantitative estimate of drug-likeness (QED) is 0.657. The van der Waals surface area contributed by atoms with E-state index in [4.69, 9.17) is 0 Å². The van der Waals surface area contributed by atoms with Gasteiger partial charge in [-0.05, 0) is 19.3 Å². The van der Waals surface area contributed by atoms with E-state index >= 15 is 0 Å². The third-order valence-electron chi connectivity index (χ3n) is 2.96. The van der Waals surface area contributed by atoms with Gasteiger partial charge in [-0.25, -0.2) is 0 Å². The number of hydrogen-bond acceptors (Lipinski definition) is 3. The molecule has 2 N–H and O–H groups in total. The Balaban J connectivity index is 1.99. The predicted octanol–water partition coefficient (Wildman–Crippen LogP) is 0.276. The first-order valence-corrected chi connectivity index (χ1v) is 6.30. The average Bonchev–Trinajstić information content (AvgIpc) is 2.69. The molecule has 0 bridgehead atoms. The van der Waals surface area contributed by atoms with E-state index < -0.39 is 0 Å². The highest BCUT2D eigenvalue weighted by atomic mass is 16.3. The molecule has 17 heavy (non-hydrogen) atoms. The zero-order valence-corrected chi connectivity index (χ0v) is 10.4. The number of hydrogen-bond donors (Lipinski definition) is 2. The molecule has 1 aliphatic heterocycles. The predicted molar refractivity (Wildman–Crippen MR) is 64.4 cm³/mol. The van der Waals surface area contributed by atoms with E-state index in [-0.39, 0.29) is 17.9 Å². The van der Waals surface area contributed by atoms with E-state index in [0.29, 0.717) is 32.5 Å². The highest BCUT2D eigenvalue weighted by Crippen LogP contribution is 2.11. The molecule has 0 saturated carbocycles. The van der Waals surface area contributed by atoms with Crippen LogP contribution in [-0.4, -0.2) is 47.6 Å². The van der Waals surface area contributed by atoms with Crippen LogP contribution in [0.1, 0.15) is 39.0 Å². The Hall–Kier alpha value is -1.10. The van der Waals surface area contributed by atoms with Gasteiger partial charge in [-0.1, -0.05) is 6.42 Å². The van der Waals surface area contributed by atoms with E-state index in [0.717, 1.165) is 19.3 Å². The number of likely N-dealkylation sites (tertiary alicyclic amines) is 1. The standard InChI is InChI=1S/C12H22N2O3/c1-10(15)13-7-4-2-3-5-12(17)14-8-6-11(16)9-14/h11,16H,2-9H2,1H3,(H,13,15)/t11-/m0/s1. The first-order valence-electron chi connectivity index (χ1n) is 6.30. The summed E-state index contributed by atoms with van der Waals surface area (Å²) in [6.07, 6.45) is 3.63. The summed E-state index contributed by atoms with van der Waals surface area (Å²) in [6.45, 7) is 3.37. The molecular weight excluding hydrogens is 220 g/mol. The molecule has 0 aromatic rings. The minimum Gasteiger partial charge on any atom is -0.391 e. The van der Waals surface area contributed by atoms with Gasteiger partial charge in [-0.15, -0.1) is 0 Å². The number of carbonyl (C=O) groups is 2. The van der Waals surface area contributed by atoms with Gasteiger partial charge in [0.15, 0.2) is 0 Å². The number of unbranched alkanes of at least 4 members (excludes halogenated alkanes) is 2. The second-order valence-corrected chi connectivity index (χ2v) is 4.58. The Morgan fingerprint density at radius 1 is 1.35 bits per heavy atom. The van der Waals surface area contributed by atoms with Crippen molar-refractivity contribution in [1.82, 2.24) is 10.2 Å². The molecule has 0 aromatic carbocycles. The maximum atomic E-state index is 11.7. The van der Waals surface area contributed by atoms with Gasteiger partial charge in [-0.2, -0.15) is 0 Å². The highest BCUT2D eigenvalue weighted by molar-refractivity contribution is 5.76. The number of nitrogens with zero attached hydrogens (tertiary/aromatic N) is 1. The van der Waals surface area contributed by atoms with Crippen LogP contribution in [0.5, 0.6) is 0 Å². The third kappa shape index (κ3) is 5.68. The van der Waals surface area contributed by atoms with E-state index in [1.165, 1.54) is 6.92 Å². The smallest absolute Gasteiger partial charge is 0.222 e. The SMILES string of the molecule is CC(=O)NCCCCCC(=O)N1CC[C@H](O)C1. The largest absolute Gasteiger partial charge is 0.391 e. The molecule has 98 valence electrons. The van der Waals surface area contributed by atoms with E-state index in [1.807, 2.05) is 0 Å². The molecule has 1 atom stereocenters. The lowest BCUT2D eigenvalue weighted by molar-refractivity contribution is -0.130. The summed E-state index contributed by atoms with van der Waals surface area (Å²) in [4.78, 5) is 24.0. The lowest BCUT2D eigenvalue weighted by Crippen LogP contribution is -2.29. The monoisotopic (exact) mass is 242 g/mol. The topological polar surface area (TPSA) is 69.6 Å². The van der Waals surface area contributed by atoms with Crippen LogP contribution in [0.3, 0.4) is 0 Å². The van der Waals surface area contributed by atoms with Gasteiger partial charge >= 0.3 is 0 Å². The molecule has 1 heterocycles.